The molecule has 2 atom stereocenters. The maximum Gasteiger partial charge on any atom is 0.331 e. The molecule has 1 aromatic heterocycles. The lowest BCUT2D eigenvalue weighted by Crippen LogP contribution is -2.48. The average molecular weight is 431 g/mol. The van der Waals surface area contributed by atoms with Crippen LogP contribution in [0.4, 0.5) is 0 Å². The molecule has 2 unspecified atom stereocenters. The molecule has 1 saturated heterocycles. The SMILES string of the molecule is CCC1CCCCN1C(=O)C(C)OC(=O)/C=C/c1ccc(I)o1. The van der Waals surface area contributed by atoms with E-state index < -0.39 is 12.1 Å². The lowest BCUT2D eigenvalue weighted by Gasteiger charge is -2.36. The number of rotatable bonds is 5. The summed E-state index contributed by atoms with van der Waals surface area (Å²) in [5, 5.41) is 0. The van der Waals surface area contributed by atoms with Gasteiger partial charge in [-0.3, -0.25) is 4.79 Å². The number of piperidine rings is 1. The number of halogens is 1. The summed E-state index contributed by atoms with van der Waals surface area (Å²) in [4.78, 5) is 26.2. The Balaban J connectivity index is 1.89. The fourth-order valence-electron chi connectivity index (χ4n) is 2.78. The molecule has 0 radical (unpaired) electrons. The average Bonchev–Trinajstić information content (AvgIpc) is 2.97. The van der Waals surface area contributed by atoms with Crippen molar-refractivity contribution >= 4 is 40.5 Å². The third-order valence-corrected chi connectivity index (χ3v) is 4.58. The Kier molecular flexibility index (Phi) is 6.68. The van der Waals surface area contributed by atoms with E-state index in [0.717, 1.165) is 36.0 Å². The number of hydrogen-bond acceptors (Lipinski definition) is 4. The van der Waals surface area contributed by atoms with Crippen molar-refractivity contribution in [1.82, 2.24) is 4.90 Å². The second-order valence-electron chi connectivity index (χ2n) is 5.64. The van der Waals surface area contributed by atoms with Gasteiger partial charge in [0.2, 0.25) is 0 Å². The van der Waals surface area contributed by atoms with E-state index in [2.05, 4.69) is 6.92 Å². The first-order chi connectivity index (χ1) is 11.0. The van der Waals surface area contributed by atoms with Crippen LogP contribution < -0.4 is 0 Å². The van der Waals surface area contributed by atoms with E-state index in [9.17, 15) is 9.59 Å². The van der Waals surface area contributed by atoms with E-state index in [4.69, 9.17) is 9.15 Å². The van der Waals surface area contributed by atoms with Gasteiger partial charge >= 0.3 is 5.97 Å². The molecule has 1 fully saturated rings. The molecule has 6 heteroatoms. The van der Waals surface area contributed by atoms with Crippen molar-refractivity contribution in [3.05, 3.63) is 27.7 Å². The van der Waals surface area contributed by atoms with Crippen LogP contribution in [0.15, 0.2) is 22.6 Å². The minimum Gasteiger partial charge on any atom is -0.451 e. The normalized spacial score (nSPS) is 19.8. The van der Waals surface area contributed by atoms with E-state index in [-0.39, 0.29) is 11.9 Å². The van der Waals surface area contributed by atoms with Gasteiger partial charge in [-0.2, -0.15) is 0 Å². The van der Waals surface area contributed by atoms with Crippen LogP contribution in [-0.2, 0) is 14.3 Å². The van der Waals surface area contributed by atoms with Crippen LogP contribution in [0.1, 0.15) is 45.3 Å². The second kappa shape index (κ2) is 8.52. The third-order valence-electron chi connectivity index (χ3n) is 4.00. The van der Waals surface area contributed by atoms with Crippen LogP contribution in [0, 0.1) is 3.77 Å². The highest BCUT2D eigenvalue weighted by atomic mass is 127. The Morgan fingerprint density at radius 1 is 1.48 bits per heavy atom. The fraction of sp³-hybridized carbons (Fsp3) is 0.529. The molecular weight excluding hydrogens is 409 g/mol. The first-order valence-corrected chi connectivity index (χ1v) is 9.03. The van der Waals surface area contributed by atoms with Crippen molar-refractivity contribution in [2.24, 2.45) is 0 Å². The molecular formula is C17H22INO4. The standard InChI is InChI=1S/C17H22INO4/c1-3-13-6-4-5-11-19(13)17(21)12(2)22-16(20)10-8-14-7-9-15(18)23-14/h7-10,12-13H,3-6,11H2,1-2H3/b10-8+. The smallest absolute Gasteiger partial charge is 0.331 e. The van der Waals surface area contributed by atoms with Gasteiger partial charge in [0.1, 0.15) is 5.76 Å². The number of furan rings is 1. The van der Waals surface area contributed by atoms with Crippen molar-refractivity contribution < 1.29 is 18.7 Å². The Morgan fingerprint density at radius 2 is 2.26 bits per heavy atom. The zero-order chi connectivity index (χ0) is 16.8. The maximum absolute atomic E-state index is 12.5. The second-order valence-corrected chi connectivity index (χ2v) is 6.71. The van der Waals surface area contributed by atoms with Gasteiger partial charge in [0.25, 0.3) is 5.91 Å². The summed E-state index contributed by atoms with van der Waals surface area (Å²) < 4.78 is 11.3. The molecule has 0 saturated carbocycles. The molecule has 126 valence electrons. The highest BCUT2D eigenvalue weighted by Crippen LogP contribution is 2.21. The summed E-state index contributed by atoms with van der Waals surface area (Å²) in [6.45, 7) is 4.46. The predicted molar refractivity (Wildman–Crippen MR) is 95.7 cm³/mol. The fourth-order valence-corrected chi connectivity index (χ4v) is 3.21. The molecule has 5 nitrogen and oxygen atoms in total. The van der Waals surface area contributed by atoms with Crippen LogP contribution in [0.2, 0.25) is 0 Å². The number of carbonyl (C=O) groups excluding carboxylic acids is 2. The number of likely N-dealkylation sites (tertiary alicyclic amines) is 1. The zero-order valence-corrected chi connectivity index (χ0v) is 15.6. The van der Waals surface area contributed by atoms with Crippen LogP contribution in [0.3, 0.4) is 0 Å². The Labute approximate surface area is 150 Å². The summed E-state index contributed by atoms with van der Waals surface area (Å²) in [6, 6.07) is 3.83. The molecule has 0 aliphatic carbocycles. The summed E-state index contributed by atoms with van der Waals surface area (Å²) in [5.41, 5.74) is 0. The lowest BCUT2D eigenvalue weighted by atomic mass is 9.99. The zero-order valence-electron chi connectivity index (χ0n) is 13.5. The summed E-state index contributed by atoms with van der Waals surface area (Å²) in [5.74, 6) is -0.0689. The van der Waals surface area contributed by atoms with E-state index in [0.29, 0.717) is 5.76 Å². The number of ether oxygens (including phenoxy) is 1. The largest absolute Gasteiger partial charge is 0.451 e. The maximum atomic E-state index is 12.5. The first-order valence-electron chi connectivity index (χ1n) is 7.95. The summed E-state index contributed by atoms with van der Waals surface area (Å²) in [6.07, 6.45) is 6.18. The van der Waals surface area contributed by atoms with Crippen LogP contribution in [-0.4, -0.2) is 35.5 Å². The van der Waals surface area contributed by atoms with Crippen molar-refractivity contribution in [2.45, 2.75) is 51.7 Å². The van der Waals surface area contributed by atoms with E-state index in [1.807, 2.05) is 27.5 Å². The molecule has 0 spiro atoms. The van der Waals surface area contributed by atoms with E-state index in [1.165, 1.54) is 12.2 Å². The van der Waals surface area contributed by atoms with Crippen LogP contribution in [0.5, 0.6) is 0 Å². The van der Waals surface area contributed by atoms with Crippen LogP contribution >= 0.6 is 22.6 Å². The topological polar surface area (TPSA) is 59.8 Å². The highest BCUT2D eigenvalue weighted by molar-refractivity contribution is 14.1. The monoisotopic (exact) mass is 431 g/mol. The molecule has 1 aromatic rings. The molecule has 1 aliphatic rings. The number of esters is 1. The van der Waals surface area contributed by atoms with E-state index >= 15 is 0 Å². The van der Waals surface area contributed by atoms with E-state index in [1.54, 1.807) is 19.1 Å². The van der Waals surface area contributed by atoms with Gasteiger partial charge in [0, 0.05) is 18.7 Å². The Morgan fingerprint density at radius 3 is 2.91 bits per heavy atom. The van der Waals surface area contributed by atoms with Crippen molar-refractivity contribution in [3.63, 3.8) is 0 Å². The quantitative estimate of drug-likeness (QED) is 0.406. The molecule has 2 heterocycles. The lowest BCUT2D eigenvalue weighted by molar-refractivity contribution is -0.157. The molecule has 23 heavy (non-hydrogen) atoms. The van der Waals surface area contributed by atoms with Gasteiger partial charge < -0.3 is 14.1 Å². The third kappa shape index (κ3) is 5.09. The molecule has 1 aliphatic heterocycles. The van der Waals surface area contributed by atoms with Crippen molar-refractivity contribution in [3.8, 4) is 0 Å². The Bertz CT molecular complexity index is 581. The van der Waals surface area contributed by atoms with Gasteiger partial charge in [-0.05, 0) is 73.4 Å². The summed E-state index contributed by atoms with van der Waals surface area (Å²) >= 11 is 2.05. The molecule has 2 rings (SSSR count). The van der Waals surface area contributed by atoms with Gasteiger partial charge in [-0.15, -0.1) is 0 Å². The molecule has 1 amide bonds. The molecule has 0 aromatic carbocycles. The van der Waals surface area contributed by atoms with Gasteiger partial charge in [-0.25, -0.2) is 4.79 Å². The van der Waals surface area contributed by atoms with Crippen molar-refractivity contribution in [2.75, 3.05) is 6.54 Å². The molecule has 0 N–H and O–H groups in total. The number of carbonyl (C=O) groups is 2. The summed E-state index contributed by atoms with van der Waals surface area (Å²) in [7, 11) is 0. The van der Waals surface area contributed by atoms with Crippen molar-refractivity contribution in [1.29, 1.82) is 0 Å². The van der Waals surface area contributed by atoms with Crippen LogP contribution in [0.25, 0.3) is 6.08 Å². The first kappa shape index (κ1) is 18.0. The highest BCUT2D eigenvalue weighted by Gasteiger charge is 2.30. The minimum atomic E-state index is -0.768. The van der Waals surface area contributed by atoms with Gasteiger partial charge in [-0.1, -0.05) is 6.92 Å². The number of hydrogen-bond donors (Lipinski definition) is 0. The minimum absolute atomic E-state index is 0.106. The van der Waals surface area contributed by atoms with Gasteiger partial charge in [0.05, 0.1) is 0 Å². The Hall–Kier alpha value is -1.31. The number of amides is 1. The predicted octanol–water partition coefficient (Wildman–Crippen LogP) is 3.62. The van der Waals surface area contributed by atoms with Gasteiger partial charge in [0.15, 0.2) is 9.87 Å². The molecule has 0 bridgehead atoms. The number of nitrogens with zero attached hydrogens (tertiary/aromatic N) is 1.